The summed E-state index contributed by atoms with van der Waals surface area (Å²) in [7, 11) is 1.72. The van der Waals surface area contributed by atoms with Crippen LogP contribution in [-0.4, -0.2) is 18.6 Å². The van der Waals surface area contributed by atoms with Crippen LogP contribution in [0.3, 0.4) is 0 Å². The molecule has 2 aromatic carbocycles. The number of aryl methyl sites for hydroxylation is 1. The Kier molecular flexibility index (Phi) is 3.95. The van der Waals surface area contributed by atoms with Gasteiger partial charge in [0.25, 0.3) is 0 Å². The van der Waals surface area contributed by atoms with E-state index < -0.39 is 0 Å². The Labute approximate surface area is 126 Å². The Balaban J connectivity index is 1.87. The van der Waals surface area contributed by atoms with E-state index in [1.165, 1.54) is 22.3 Å². The van der Waals surface area contributed by atoms with E-state index in [-0.39, 0.29) is 0 Å². The lowest BCUT2D eigenvalue weighted by atomic mass is 10.0. The molecule has 0 amide bonds. The van der Waals surface area contributed by atoms with Crippen molar-refractivity contribution in [2.24, 2.45) is 5.73 Å². The van der Waals surface area contributed by atoms with Crippen LogP contribution < -0.4 is 10.5 Å². The van der Waals surface area contributed by atoms with Gasteiger partial charge in [0.2, 0.25) is 0 Å². The van der Waals surface area contributed by atoms with E-state index in [9.17, 15) is 0 Å². The zero-order valence-electron chi connectivity index (χ0n) is 12.7. The largest absolute Gasteiger partial charge is 0.496 e. The van der Waals surface area contributed by atoms with Gasteiger partial charge in [-0.25, -0.2) is 0 Å². The van der Waals surface area contributed by atoms with Crippen LogP contribution in [0.2, 0.25) is 0 Å². The Morgan fingerprint density at radius 2 is 2.05 bits per heavy atom. The van der Waals surface area contributed by atoms with Crippen LogP contribution in [0.5, 0.6) is 5.75 Å². The van der Waals surface area contributed by atoms with Crippen LogP contribution in [-0.2, 0) is 13.1 Å². The number of methoxy groups -OCH3 is 1. The summed E-state index contributed by atoms with van der Waals surface area (Å²) in [6.45, 7) is 4.59. The van der Waals surface area contributed by atoms with Crippen molar-refractivity contribution in [1.29, 1.82) is 0 Å². The summed E-state index contributed by atoms with van der Waals surface area (Å²) in [4.78, 5) is 2.43. The first-order valence-electron chi connectivity index (χ1n) is 7.38. The quantitative estimate of drug-likeness (QED) is 0.937. The molecule has 0 spiro atoms. The van der Waals surface area contributed by atoms with Gasteiger partial charge in [0.15, 0.2) is 0 Å². The van der Waals surface area contributed by atoms with E-state index in [1.807, 2.05) is 12.1 Å². The Morgan fingerprint density at radius 1 is 1.24 bits per heavy atom. The second kappa shape index (κ2) is 5.88. The SMILES string of the molecule is COc1ccccc1CN1Cc2ccc(C)cc2C1CN. The predicted octanol–water partition coefficient (Wildman–Crippen LogP) is 3.02. The van der Waals surface area contributed by atoms with Crippen molar-refractivity contribution >= 4 is 0 Å². The van der Waals surface area contributed by atoms with Crippen molar-refractivity contribution in [3.63, 3.8) is 0 Å². The molecule has 0 radical (unpaired) electrons. The minimum absolute atomic E-state index is 0.296. The summed E-state index contributed by atoms with van der Waals surface area (Å²) in [5.41, 5.74) is 11.3. The van der Waals surface area contributed by atoms with Gasteiger partial charge in [0.1, 0.15) is 5.75 Å². The molecular formula is C18H22N2O. The number of hydrogen-bond acceptors (Lipinski definition) is 3. The third kappa shape index (κ3) is 2.67. The van der Waals surface area contributed by atoms with Gasteiger partial charge in [-0.05, 0) is 24.1 Å². The van der Waals surface area contributed by atoms with E-state index in [4.69, 9.17) is 10.5 Å². The first-order valence-corrected chi connectivity index (χ1v) is 7.38. The molecule has 3 heteroatoms. The third-order valence-electron chi connectivity index (χ3n) is 4.26. The molecule has 0 fully saturated rings. The molecule has 1 aliphatic rings. The number of para-hydroxylation sites is 1. The normalized spacial score (nSPS) is 17.8. The van der Waals surface area contributed by atoms with E-state index >= 15 is 0 Å². The molecule has 1 unspecified atom stereocenters. The molecule has 1 heterocycles. The molecule has 3 rings (SSSR count). The topological polar surface area (TPSA) is 38.5 Å². The molecule has 1 atom stereocenters. The molecule has 0 saturated heterocycles. The molecule has 2 N–H and O–H groups in total. The molecule has 1 aliphatic heterocycles. The zero-order chi connectivity index (χ0) is 14.8. The maximum atomic E-state index is 6.04. The summed E-state index contributed by atoms with van der Waals surface area (Å²) in [5.74, 6) is 0.945. The van der Waals surface area contributed by atoms with E-state index in [0.29, 0.717) is 12.6 Å². The lowest BCUT2D eigenvalue weighted by Gasteiger charge is -2.24. The molecule has 21 heavy (non-hydrogen) atoms. The average Bonchev–Trinajstić information content (AvgIpc) is 2.84. The molecule has 0 bridgehead atoms. The van der Waals surface area contributed by atoms with Crippen molar-refractivity contribution in [3.05, 3.63) is 64.7 Å². The lowest BCUT2D eigenvalue weighted by molar-refractivity contribution is 0.208. The first-order chi connectivity index (χ1) is 10.2. The zero-order valence-corrected chi connectivity index (χ0v) is 12.7. The molecule has 0 aromatic heterocycles. The number of hydrogen-bond donors (Lipinski definition) is 1. The van der Waals surface area contributed by atoms with Gasteiger partial charge in [-0.2, -0.15) is 0 Å². The Hall–Kier alpha value is -1.84. The fourth-order valence-corrected chi connectivity index (χ4v) is 3.19. The number of rotatable bonds is 4. The van der Waals surface area contributed by atoms with Gasteiger partial charge in [-0.15, -0.1) is 0 Å². The van der Waals surface area contributed by atoms with Crippen molar-refractivity contribution in [2.75, 3.05) is 13.7 Å². The smallest absolute Gasteiger partial charge is 0.123 e. The van der Waals surface area contributed by atoms with Crippen LogP contribution in [0.4, 0.5) is 0 Å². The van der Waals surface area contributed by atoms with E-state index in [2.05, 4.69) is 42.2 Å². The van der Waals surface area contributed by atoms with Gasteiger partial charge >= 0.3 is 0 Å². The monoisotopic (exact) mass is 282 g/mol. The van der Waals surface area contributed by atoms with Crippen molar-refractivity contribution < 1.29 is 4.74 Å². The van der Waals surface area contributed by atoms with Gasteiger partial charge in [0, 0.05) is 31.2 Å². The minimum Gasteiger partial charge on any atom is -0.496 e. The average molecular weight is 282 g/mol. The van der Waals surface area contributed by atoms with Gasteiger partial charge < -0.3 is 10.5 Å². The number of benzene rings is 2. The van der Waals surface area contributed by atoms with Crippen LogP contribution >= 0.6 is 0 Å². The highest BCUT2D eigenvalue weighted by Crippen LogP contribution is 2.35. The minimum atomic E-state index is 0.296. The van der Waals surface area contributed by atoms with Crippen molar-refractivity contribution in [2.45, 2.75) is 26.1 Å². The van der Waals surface area contributed by atoms with Gasteiger partial charge in [-0.1, -0.05) is 42.0 Å². The predicted molar refractivity (Wildman–Crippen MR) is 85.2 cm³/mol. The van der Waals surface area contributed by atoms with Crippen LogP contribution in [0, 0.1) is 6.92 Å². The Morgan fingerprint density at radius 3 is 2.81 bits per heavy atom. The van der Waals surface area contributed by atoms with Crippen LogP contribution in [0.25, 0.3) is 0 Å². The first kappa shape index (κ1) is 14.1. The third-order valence-corrected chi connectivity index (χ3v) is 4.26. The van der Waals surface area contributed by atoms with Crippen LogP contribution in [0.15, 0.2) is 42.5 Å². The van der Waals surface area contributed by atoms with Gasteiger partial charge in [0.05, 0.1) is 7.11 Å². The maximum absolute atomic E-state index is 6.04. The van der Waals surface area contributed by atoms with E-state index in [0.717, 1.165) is 18.8 Å². The summed E-state index contributed by atoms with van der Waals surface area (Å²) in [6.07, 6.45) is 0. The maximum Gasteiger partial charge on any atom is 0.123 e. The number of nitrogens with zero attached hydrogens (tertiary/aromatic N) is 1. The standard InChI is InChI=1S/C18H22N2O/c1-13-7-8-14-11-20(17(10-19)16(14)9-13)12-15-5-3-4-6-18(15)21-2/h3-9,17H,10-12,19H2,1-2H3. The number of nitrogens with two attached hydrogens (primary N) is 1. The molecule has 2 aromatic rings. The molecule has 0 saturated carbocycles. The fraction of sp³-hybridized carbons (Fsp3) is 0.333. The summed E-state index contributed by atoms with van der Waals surface area (Å²) < 4.78 is 5.46. The summed E-state index contributed by atoms with van der Waals surface area (Å²) >= 11 is 0. The molecule has 0 aliphatic carbocycles. The fourth-order valence-electron chi connectivity index (χ4n) is 3.19. The highest BCUT2D eigenvalue weighted by Gasteiger charge is 2.29. The second-order valence-corrected chi connectivity index (χ2v) is 5.67. The highest BCUT2D eigenvalue weighted by molar-refractivity contribution is 5.39. The number of fused-ring (bicyclic) bond motifs is 1. The molecule has 3 nitrogen and oxygen atoms in total. The summed E-state index contributed by atoms with van der Waals surface area (Å²) in [5, 5.41) is 0. The van der Waals surface area contributed by atoms with Gasteiger partial charge in [-0.3, -0.25) is 4.90 Å². The van der Waals surface area contributed by atoms with Crippen LogP contribution in [0.1, 0.15) is 28.3 Å². The number of ether oxygens (including phenoxy) is 1. The second-order valence-electron chi connectivity index (χ2n) is 5.67. The summed E-state index contributed by atoms with van der Waals surface area (Å²) in [6, 6.07) is 15.2. The Bertz CT molecular complexity index is 639. The van der Waals surface area contributed by atoms with Crippen molar-refractivity contribution in [1.82, 2.24) is 4.90 Å². The highest BCUT2D eigenvalue weighted by atomic mass is 16.5. The molecular weight excluding hydrogens is 260 g/mol. The molecule has 110 valence electrons. The van der Waals surface area contributed by atoms with Crippen molar-refractivity contribution in [3.8, 4) is 5.75 Å². The lowest BCUT2D eigenvalue weighted by Crippen LogP contribution is -2.27. The van der Waals surface area contributed by atoms with E-state index in [1.54, 1.807) is 7.11 Å².